The van der Waals surface area contributed by atoms with Gasteiger partial charge in [-0.1, -0.05) is 48.0 Å². The zero-order valence-corrected chi connectivity index (χ0v) is 17.9. The molecule has 3 N–H and O–H groups in total. The second-order valence-corrected chi connectivity index (χ2v) is 8.86. The minimum atomic E-state index is -4.81. The minimum absolute atomic E-state index is 0.272. The first kappa shape index (κ1) is 21.8. The quantitative estimate of drug-likeness (QED) is 0.367. The van der Waals surface area contributed by atoms with Gasteiger partial charge in [0.25, 0.3) is 0 Å². The van der Waals surface area contributed by atoms with Crippen LogP contribution in [0.4, 0.5) is 13.2 Å². The molecule has 0 aliphatic carbocycles. The van der Waals surface area contributed by atoms with Crippen molar-refractivity contribution in [3.8, 4) is 11.3 Å². The van der Waals surface area contributed by atoms with E-state index in [1.165, 1.54) is 29.7 Å². The average molecular weight is 463 g/mol. The predicted molar refractivity (Wildman–Crippen MR) is 118 cm³/mol. The van der Waals surface area contributed by atoms with Crippen LogP contribution in [0.3, 0.4) is 0 Å². The fourth-order valence-electron chi connectivity index (χ4n) is 3.36. The van der Waals surface area contributed by atoms with Crippen LogP contribution in [0, 0.1) is 0 Å². The third kappa shape index (κ3) is 3.94. The van der Waals surface area contributed by atoms with Crippen molar-refractivity contribution in [2.75, 3.05) is 0 Å². The van der Waals surface area contributed by atoms with E-state index in [1.54, 1.807) is 12.1 Å². The van der Waals surface area contributed by atoms with Gasteiger partial charge in [0.15, 0.2) is 5.60 Å². The number of halogens is 4. The number of aliphatic hydroxyl groups is 1. The number of nitrogens with zero attached hydrogens (tertiary/aromatic N) is 1. The number of alkyl halides is 3. The van der Waals surface area contributed by atoms with Crippen molar-refractivity contribution in [2.24, 2.45) is 5.73 Å². The summed E-state index contributed by atoms with van der Waals surface area (Å²) in [7, 11) is 0. The smallest absolute Gasteiger partial charge is 0.376 e. The lowest BCUT2D eigenvalue weighted by molar-refractivity contribution is -0.258. The van der Waals surface area contributed by atoms with Crippen LogP contribution in [-0.4, -0.2) is 16.3 Å². The van der Waals surface area contributed by atoms with Crippen LogP contribution in [0.15, 0.2) is 66.9 Å². The van der Waals surface area contributed by atoms with E-state index in [-0.39, 0.29) is 5.56 Å². The highest BCUT2D eigenvalue weighted by molar-refractivity contribution is 7.19. The van der Waals surface area contributed by atoms with E-state index in [0.717, 1.165) is 27.5 Å². The molecular formula is C23H18ClF3N2OS. The molecular weight excluding hydrogens is 445 g/mol. The third-order valence-corrected chi connectivity index (χ3v) is 6.87. The van der Waals surface area contributed by atoms with Crippen LogP contribution in [0.5, 0.6) is 0 Å². The fraction of sp³-hybridized carbons (Fsp3) is 0.174. The molecule has 2 heterocycles. The summed E-state index contributed by atoms with van der Waals surface area (Å²) in [6.07, 6.45) is -3.54. The molecule has 0 spiro atoms. The van der Waals surface area contributed by atoms with Crippen LogP contribution >= 0.6 is 22.9 Å². The number of hydrogen-bond donors (Lipinski definition) is 2. The third-order valence-electron chi connectivity index (χ3n) is 5.26. The van der Waals surface area contributed by atoms with E-state index in [9.17, 15) is 18.3 Å². The van der Waals surface area contributed by atoms with Crippen LogP contribution in [0.1, 0.15) is 29.0 Å². The Bertz CT molecular complexity index is 1250. The summed E-state index contributed by atoms with van der Waals surface area (Å²) in [6, 6.07) is 16.8. The molecule has 0 saturated heterocycles. The lowest BCUT2D eigenvalue weighted by atomic mass is 9.94. The summed E-state index contributed by atoms with van der Waals surface area (Å²) >= 11 is 7.73. The predicted octanol–water partition coefficient (Wildman–Crippen LogP) is 6.43. The molecule has 160 valence electrons. The second-order valence-electron chi connectivity index (χ2n) is 7.37. The van der Waals surface area contributed by atoms with E-state index in [2.05, 4.69) is 4.98 Å². The van der Waals surface area contributed by atoms with Gasteiger partial charge in [-0.2, -0.15) is 13.2 Å². The summed E-state index contributed by atoms with van der Waals surface area (Å²) in [4.78, 5) is 5.13. The van der Waals surface area contributed by atoms with Crippen molar-refractivity contribution in [1.29, 1.82) is 0 Å². The lowest BCUT2D eigenvalue weighted by Crippen LogP contribution is -2.39. The highest BCUT2D eigenvalue weighted by Crippen LogP contribution is 2.41. The number of aromatic nitrogens is 1. The molecule has 0 bridgehead atoms. The van der Waals surface area contributed by atoms with E-state index in [1.807, 2.05) is 36.4 Å². The molecule has 0 aliphatic rings. The summed E-state index contributed by atoms with van der Waals surface area (Å²) < 4.78 is 40.7. The molecule has 0 radical (unpaired) electrons. The first-order valence-corrected chi connectivity index (χ1v) is 10.6. The zero-order valence-electron chi connectivity index (χ0n) is 16.3. The van der Waals surface area contributed by atoms with Crippen molar-refractivity contribution < 1.29 is 18.3 Å². The second kappa shape index (κ2) is 7.91. The van der Waals surface area contributed by atoms with Crippen LogP contribution < -0.4 is 5.73 Å². The number of thiophene rings is 1. The Morgan fingerprint density at radius 3 is 2.52 bits per heavy atom. The van der Waals surface area contributed by atoms with Gasteiger partial charge < -0.3 is 10.8 Å². The molecule has 2 aromatic heterocycles. The van der Waals surface area contributed by atoms with Gasteiger partial charge in [-0.3, -0.25) is 4.98 Å². The van der Waals surface area contributed by atoms with Crippen molar-refractivity contribution >= 4 is 33.0 Å². The largest absolute Gasteiger partial charge is 0.421 e. The lowest BCUT2D eigenvalue weighted by Gasteiger charge is -2.26. The molecule has 4 aromatic rings. The molecule has 31 heavy (non-hydrogen) atoms. The van der Waals surface area contributed by atoms with Crippen molar-refractivity contribution in [2.45, 2.75) is 24.7 Å². The number of nitrogens with two attached hydrogens (primary N) is 1. The maximum absolute atomic E-state index is 13.3. The first-order valence-electron chi connectivity index (χ1n) is 9.38. The maximum Gasteiger partial charge on any atom is 0.421 e. The summed E-state index contributed by atoms with van der Waals surface area (Å²) in [6.45, 7) is 0.735. The summed E-state index contributed by atoms with van der Waals surface area (Å²) in [5, 5.41) is 11.5. The number of pyridine rings is 1. The fourth-order valence-corrected chi connectivity index (χ4v) is 4.82. The van der Waals surface area contributed by atoms with Crippen LogP contribution in [0.2, 0.25) is 5.02 Å². The zero-order chi connectivity index (χ0) is 22.4. The Balaban J connectivity index is 1.80. The molecule has 4 rings (SSSR count). The van der Waals surface area contributed by atoms with Crippen molar-refractivity contribution in [3.05, 3.63) is 87.9 Å². The van der Waals surface area contributed by atoms with Crippen molar-refractivity contribution in [1.82, 2.24) is 4.98 Å². The van der Waals surface area contributed by atoms with E-state index in [4.69, 9.17) is 17.3 Å². The van der Waals surface area contributed by atoms with E-state index < -0.39 is 17.8 Å². The van der Waals surface area contributed by atoms with Crippen LogP contribution in [0.25, 0.3) is 21.3 Å². The molecule has 0 amide bonds. The number of benzene rings is 2. The maximum atomic E-state index is 13.3. The number of fused-ring (bicyclic) bond motifs is 1. The molecule has 2 atom stereocenters. The Morgan fingerprint density at radius 1 is 1.06 bits per heavy atom. The Kier molecular flexibility index (Phi) is 5.55. The van der Waals surface area contributed by atoms with Gasteiger partial charge in [-0.25, -0.2) is 0 Å². The minimum Gasteiger partial charge on any atom is -0.376 e. The van der Waals surface area contributed by atoms with Gasteiger partial charge >= 0.3 is 6.18 Å². The molecule has 0 saturated carbocycles. The van der Waals surface area contributed by atoms with Gasteiger partial charge in [-0.05, 0) is 47.7 Å². The Hall–Kier alpha value is -2.45. The molecule has 2 aromatic carbocycles. The standard InChI is InChI=1S/C23H18ClF3N2OS/c1-22(30,23(25,26)27)14-9-10-29-18(12-14)16-7-4-5-13-11-19(31-21(13)16)20(28)15-6-2-3-8-17(15)24/h2-12,20,30H,28H2,1H3/t20-,22?/m1/s1. The van der Waals surface area contributed by atoms with Gasteiger partial charge in [0, 0.05) is 26.4 Å². The molecule has 0 aliphatic heterocycles. The normalized spacial score (nSPS) is 15.1. The summed E-state index contributed by atoms with van der Waals surface area (Å²) in [5.74, 6) is 0. The first-order chi connectivity index (χ1) is 14.6. The number of rotatable bonds is 4. The van der Waals surface area contributed by atoms with E-state index in [0.29, 0.717) is 16.3 Å². The van der Waals surface area contributed by atoms with Crippen LogP contribution in [-0.2, 0) is 5.60 Å². The van der Waals surface area contributed by atoms with Gasteiger partial charge in [0.2, 0.25) is 0 Å². The monoisotopic (exact) mass is 462 g/mol. The topological polar surface area (TPSA) is 59.1 Å². The average Bonchev–Trinajstić information content (AvgIpc) is 3.17. The SMILES string of the molecule is CC(O)(c1ccnc(-c2cccc3cc([C@H](N)c4ccccc4Cl)sc23)c1)C(F)(F)F. The summed E-state index contributed by atoms with van der Waals surface area (Å²) in [5.41, 5.74) is 5.00. The van der Waals surface area contributed by atoms with Gasteiger partial charge in [0.05, 0.1) is 11.7 Å². The molecule has 1 unspecified atom stereocenters. The number of hydrogen-bond acceptors (Lipinski definition) is 4. The molecule has 3 nitrogen and oxygen atoms in total. The highest BCUT2D eigenvalue weighted by atomic mass is 35.5. The van der Waals surface area contributed by atoms with E-state index >= 15 is 0 Å². The Morgan fingerprint density at radius 2 is 1.81 bits per heavy atom. The molecule has 8 heteroatoms. The van der Waals surface area contributed by atoms with Gasteiger partial charge in [-0.15, -0.1) is 11.3 Å². The molecule has 0 fully saturated rings. The highest BCUT2D eigenvalue weighted by Gasteiger charge is 2.51. The Labute approximate surface area is 185 Å². The van der Waals surface area contributed by atoms with Crippen molar-refractivity contribution in [3.63, 3.8) is 0 Å². The van der Waals surface area contributed by atoms with Gasteiger partial charge in [0.1, 0.15) is 0 Å².